The van der Waals surface area contributed by atoms with Crippen LogP contribution in [-0.4, -0.2) is 24.5 Å². The molecule has 0 aliphatic rings. The minimum Gasteiger partial charge on any atom is -0.482 e. The van der Waals surface area contributed by atoms with E-state index in [0.29, 0.717) is 17.4 Å². The van der Waals surface area contributed by atoms with Gasteiger partial charge in [0.2, 0.25) is 5.91 Å². The van der Waals surface area contributed by atoms with E-state index in [1.165, 1.54) is 6.92 Å². The van der Waals surface area contributed by atoms with Crippen molar-refractivity contribution >= 4 is 17.5 Å². The third-order valence-corrected chi connectivity index (χ3v) is 3.14. The molecule has 5 heteroatoms. The number of hydrogen-bond donors (Lipinski definition) is 2. The van der Waals surface area contributed by atoms with E-state index >= 15 is 0 Å². The number of carbonyl (C=O) groups is 2. The summed E-state index contributed by atoms with van der Waals surface area (Å²) < 4.78 is 5.50. The zero-order chi connectivity index (χ0) is 16.5. The van der Waals surface area contributed by atoms with Gasteiger partial charge in [0.1, 0.15) is 5.75 Å². The second kappa shape index (κ2) is 9.07. The van der Waals surface area contributed by atoms with Crippen molar-refractivity contribution in [2.24, 2.45) is 5.92 Å². The number of nitrogens with one attached hydrogen (secondary N) is 2. The van der Waals surface area contributed by atoms with E-state index in [1.807, 2.05) is 6.92 Å². The van der Waals surface area contributed by atoms with Gasteiger partial charge in [-0.25, -0.2) is 0 Å². The highest BCUT2D eigenvalue weighted by molar-refractivity contribution is 5.90. The van der Waals surface area contributed by atoms with E-state index in [0.717, 1.165) is 12.8 Å². The average molecular weight is 306 g/mol. The van der Waals surface area contributed by atoms with Crippen LogP contribution in [0.1, 0.15) is 40.5 Å². The molecule has 2 N–H and O–H groups in total. The quantitative estimate of drug-likeness (QED) is 0.776. The van der Waals surface area contributed by atoms with Crippen LogP contribution in [-0.2, 0) is 9.59 Å². The molecular weight excluding hydrogens is 280 g/mol. The van der Waals surface area contributed by atoms with E-state index in [1.54, 1.807) is 24.3 Å². The van der Waals surface area contributed by atoms with Gasteiger partial charge in [-0.2, -0.15) is 0 Å². The van der Waals surface area contributed by atoms with Crippen molar-refractivity contribution < 1.29 is 14.3 Å². The Kier molecular flexibility index (Phi) is 7.43. The smallest absolute Gasteiger partial charge is 0.258 e. The topological polar surface area (TPSA) is 67.4 Å². The Balaban J connectivity index is 2.45. The molecule has 1 rings (SSSR count). The number of para-hydroxylation sites is 2. The number of hydrogen-bond acceptors (Lipinski definition) is 3. The lowest BCUT2D eigenvalue weighted by Crippen LogP contribution is -2.36. The summed E-state index contributed by atoms with van der Waals surface area (Å²) in [4.78, 5) is 23.0. The largest absolute Gasteiger partial charge is 0.482 e. The highest BCUT2D eigenvalue weighted by Gasteiger charge is 2.10. The minimum absolute atomic E-state index is 0.0668. The van der Waals surface area contributed by atoms with Gasteiger partial charge >= 0.3 is 0 Å². The third kappa shape index (κ3) is 7.11. The molecule has 22 heavy (non-hydrogen) atoms. The Morgan fingerprint density at radius 1 is 1.14 bits per heavy atom. The third-order valence-electron chi connectivity index (χ3n) is 3.14. The van der Waals surface area contributed by atoms with E-state index in [2.05, 4.69) is 24.5 Å². The Bertz CT molecular complexity index is 500. The summed E-state index contributed by atoms with van der Waals surface area (Å²) in [5, 5.41) is 5.59. The van der Waals surface area contributed by atoms with Gasteiger partial charge in [0.05, 0.1) is 5.69 Å². The number of anilines is 1. The average Bonchev–Trinajstić information content (AvgIpc) is 2.43. The lowest BCUT2D eigenvalue weighted by Gasteiger charge is -2.16. The normalized spacial score (nSPS) is 11.9. The highest BCUT2D eigenvalue weighted by Crippen LogP contribution is 2.23. The van der Waals surface area contributed by atoms with Crippen molar-refractivity contribution in [2.75, 3.05) is 11.9 Å². The van der Waals surface area contributed by atoms with Crippen molar-refractivity contribution in [3.63, 3.8) is 0 Å². The summed E-state index contributed by atoms with van der Waals surface area (Å²) in [6, 6.07) is 7.18. The molecule has 5 nitrogen and oxygen atoms in total. The number of ether oxygens (including phenoxy) is 1. The molecule has 0 radical (unpaired) electrons. The molecular formula is C17H26N2O3. The summed E-state index contributed by atoms with van der Waals surface area (Å²) in [6.07, 6.45) is 2.03. The van der Waals surface area contributed by atoms with Crippen LogP contribution in [0.25, 0.3) is 0 Å². The molecule has 0 aliphatic heterocycles. The molecule has 122 valence electrons. The molecule has 0 fully saturated rings. The molecule has 0 saturated carbocycles. The van der Waals surface area contributed by atoms with Gasteiger partial charge in [0.25, 0.3) is 5.91 Å². The van der Waals surface area contributed by atoms with Crippen molar-refractivity contribution in [3.05, 3.63) is 24.3 Å². The van der Waals surface area contributed by atoms with Crippen LogP contribution in [0.5, 0.6) is 5.75 Å². The van der Waals surface area contributed by atoms with Crippen molar-refractivity contribution in [1.29, 1.82) is 0 Å². The van der Waals surface area contributed by atoms with Crippen LogP contribution in [0.2, 0.25) is 0 Å². The maximum atomic E-state index is 11.9. The summed E-state index contributed by atoms with van der Waals surface area (Å²) in [6.45, 7) is 7.68. The second-order valence-electron chi connectivity index (χ2n) is 5.91. The Morgan fingerprint density at radius 3 is 2.45 bits per heavy atom. The SMILES string of the molecule is CC(=O)Nc1ccccc1OCC(=O)N[C@H](C)CCC(C)C. The monoisotopic (exact) mass is 306 g/mol. The van der Waals surface area contributed by atoms with Crippen molar-refractivity contribution in [2.45, 2.75) is 46.6 Å². The van der Waals surface area contributed by atoms with Crippen LogP contribution in [0.15, 0.2) is 24.3 Å². The van der Waals surface area contributed by atoms with Crippen molar-refractivity contribution in [3.8, 4) is 5.75 Å². The number of benzene rings is 1. The summed E-state index contributed by atoms with van der Waals surface area (Å²) in [5.74, 6) is 0.777. The molecule has 0 aromatic heterocycles. The van der Waals surface area contributed by atoms with Crippen molar-refractivity contribution in [1.82, 2.24) is 5.32 Å². The first-order chi connectivity index (χ1) is 10.4. The molecule has 2 amide bonds. The number of rotatable bonds is 8. The summed E-state index contributed by atoms with van der Waals surface area (Å²) in [5.41, 5.74) is 0.565. The molecule has 0 aliphatic carbocycles. The van der Waals surface area contributed by atoms with Gasteiger partial charge in [-0.15, -0.1) is 0 Å². The lowest BCUT2D eigenvalue weighted by molar-refractivity contribution is -0.123. The van der Waals surface area contributed by atoms with E-state index in [-0.39, 0.29) is 24.5 Å². The maximum absolute atomic E-state index is 11.9. The summed E-state index contributed by atoms with van der Waals surface area (Å²) >= 11 is 0. The molecule has 0 saturated heterocycles. The molecule has 1 aromatic carbocycles. The first-order valence-electron chi connectivity index (χ1n) is 7.67. The van der Waals surface area contributed by atoms with Crippen LogP contribution >= 0.6 is 0 Å². The maximum Gasteiger partial charge on any atom is 0.258 e. The van der Waals surface area contributed by atoms with Gasteiger partial charge in [0, 0.05) is 13.0 Å². The lowest BCUT2D eigenvalue weighted by atomic mass is 10.0. The van der Waals surface area contributed by atoms with Crippen LogP contribution in [0.3, 0.4) is 0 Å². The summed E-state index contributed by atoms with van der Waals surface area (Å²) in [7, 11) is 0. The zero-order valence-corrected chi connectivity index (χ0v) is 13.8. The molecule has 1 aromatic rings. The van der Waals surface area contributed by atoms with E-state index in [9.17, 15) is 9.59 Å². The standard InChI is InChI=1S/C17H26N2O3/c1-12(2)9-10-13(3)18-17(21)11-22-16-8-6-5-7-15(16)19-14(4)20/h5-8,12-13H,9-11H2,1-4H3,(H,18,21)(H,19,20)/t13-/m1/s1. The number of carbonyl (C=O) groups excluding carboxylic acids is 2. The fourth-order valence-corrected chi connectivity index (χ4v) is 2.00. The Labute approximate surface area is 132 Å². The van der Waals surface area contributed by atoms with Gasteiger partial charge in [0.15, 0.2) is 6.61 Å². The Hall–Kier alpha value is -2.04. The van der Waals surface area contributed by atoms with E-state index < -0.39 is 0 Å². The fourth-order valence-electron chi connectivity index (χ4n) is 2.00. The van der Waals surface area contributed by atoms with Crippen LogP contribution in [0.4, 0.5) is 5.69 Å². The predicted octanol–water partition coefficient (Wildman–Crippen LogP) is 2.96. The minimum atomic E-state index is -0.178. The second-order valence-corrected chi connectivity index (χ2v) is 5.91. The molecule has 0 unspecified atom stereocenters. The zero-order valence-electron chi connectivity index (χ0n) is 13.8. The number of amides is 2. The molecule has 0 bridgehead atoms. The van der Waals surface area contributed by atoms with E-state index in [4.69, 9.17) is 4.74 Å². The predicted molar refractivity (Wildman–Crippen MR) is 87.9 cm³/mol. The van der Waals surface area contributed by atoms with Gasteiger partial charge in [-0.3, -0.25) is 9.59 Å². The highest BCUT2D eigenvalue weighted by atomic mass is 16.5. The van der Waals surface area contributed by atoms with Gasteiger partial charge < -0.3 is 15.4 Å². The van der Waals surface area contributed by atoms with Crippen LogP contribution < -0.4 is 15.4 Å². The molecule has 1 atom stereocenters. The fraction of sp³-hybridized carbons (Fsp3) is 0.529. The first kappa shape index (κ1) is 18.0. The van der Waals surface area contributed by atoms with Gasteiger partial charge in [-0.1, -0.05) is 26.0 Å². The molecule has 0 heterocycles. The first-order valence-corrected chi connectivity index (χ1v) is 7.67. The van der Waals surface area contributed by atoms with Crippen LogP contribution in [0, 0.1) is 5.92 Å². The molecule has 0 spiro atoms. The Morgan fingerprint density at radius 2 is 1.82 bits per heavy atom. The van der Waals surface area contributed by atoms with Gasteiger partial charge in [-0.05, 0) is 37.8 Å².